The molecule has 0 bridgehead atoms. The molecule has 0 aliphatic carbocycles. The fourth-order valence-electron chi connectivity index (χ4n) is 1.99. The monoisotopic (exact) mass is 252 g/mol. The number of carbonyl (C=O) groups excluding carboxylic acids is 2. The maximum absolute atomic E-state index is 11.6. The van der Waals surface area contributed by atoms with E-state index in [1.807, 2.05) is 19.2 Å². The summed E-state index contributed by atoms with van der Waals surface area (Å²) >= 11 is 5.39. The van der Waals surface area contributed by atoms with Gasteiger partial charge >= 0.3 is 5.37 Å². The van der Waals surface area contributed by atoms with Crippen LogP contribution >= 0.6 is 11.6 Å². The van der Waals surface area contributed by atoms with Crippen molar-refractivity contribution in [2.45, 2.75) is 12.8 Å². The predicted molar refractivity (Wildman–Crippen MR) is 66.5 cm³/mol. The van der Waals surface area contributed by atoms with Crippen LogP contribution in [0.5, 0.6) is 0 Å². The van der Waals surface area contributed by atoms with E-state index in [1.54, 1.807) is 6.07 Å². The van der Waals surface area contributed by atoms with Gasteiger partial charge in [0.2, 0.25) is 5.91 Å². The summed E-state index contributed by atoms with van der Waals surface area (Å²) < 4.78 is 0. The quantitative estimate of drug-likeness (QED) is 0.658. The van der Waals surface area contributed by atoms with Gasteiger partial charge in [0.05, 0.1) is 12.1 Å². The lowest BCUT2D eigenvalue weighted by Crippen LogP contribution is -2.28. The lowest BCUT2D eigenvalue weighted by Gasteiger charge is -2.11. The number of hydrogen-bond acceptors (Lipinski definition) is 3. The molecule has 1 aromatic carbocycles. The number of hydrogen-bond donors (Lipinski definition) is 1. The highest BCUT2D eigenvalue weighted by atomic mass is 35.5. The van der Waals surface area contributed by atoms with Gasteiger partial charge in [-0.15, -0.1) is 0 Å². The molecule has 2 amide bonds. The molecule has 0 radical (unpaired) electrons. The summed E-state index contributed by atoms with van der Waals surface area (Å²) in [5.41, 5.74) is 2.63. The maximum Gasteiger partial charge on any atom is 0.327 e. The molecule has 0 saturated heterocycles. The van der Waals surface area contributed by atoms with Crippen molar-refractivity contribution >= 4 is 28.6 Å². The summed E-state index contributed by atoms with van der Waals surface area (Å²) in [5.74, 6) is -0.259. The first-order valence-electron chi connectivity index (χ1n) is 5.42. The molecule has 5 heteroatoms. The Balaban J connectivity index is 2.28. The van der Waals surface area contributed by atoms with Crippen LogP contribution in [0, 0.1) is 0 Å². The van der Waals surface area contributed by atoms with E-state index < -0.39 is 5.37 Å². The highest BCUT2D eigenvalue weighted by Crippen LogP contribution is 2.30. The molecule has 1 aliphatic heterocycles. The van der Waals surface area contributed by atoms with Crippen molar-refractivity contribution < 1.29 is 9.59 Å². The van der Waals surface area contributed by atoms with Gasteiger partial charge in [-0.1, -0.05) is 12.1 Å². The Hall–Kier alpha value is -1.39. The smallest absolute Gasteiger partial charge is 0.319 e. The second-order valence-electron chi connectivity index (χ2n) is 3.98. The van der Waals surface area contributed by atoms with Crippen LogP contribution in [0.3, 0.4) is 0 Å². The third-order valence-electron chi connectivity index (χ3n) is 2.82. The zero-order valence-electron chi connectivity index (χ0n) is 9.50. The third kappa shape index (κ3) is 2.33. The highest BCUT2D eigenvalue weighted by molar-refractivity contribution is 6.68. The average molecular weight is 253 g/mol. The molecule has 4 nitrogen and oxygen atoms in total. The van der Waals surface area contributed by atoms with Gasteiger partial charge in [-0.25, -0.2) is 4.90 Å². The molecule has 0 unspecified atom stereocenters. The molecular formula is C12H13ClN2O2. The zero-order chi connectivity index (χ0) is 12.4. The van der Waals surface area contributed by atoms with Crippen molar-refractivity contribution in [3.63, 3.8) is 0 Å². The standard InChI is InChI=1S/C12H13ClN2O2/c1-14-5-4-8-2-3-10-9(6-8)7-11(16)15(10)12(13)17/h2-3,6,14H,4-5,7H2,1H3. The van der Waals surface area contributed by atoms with Crippen molar-refractivity contribution in [1.82, 2.24) is 5.32 Å². The molecule has 0 saturated carbocycles. The lowest BCUT2D eigenvalue weighted by molar-refractivity contribution is -0.116. The topological polar surface area (TPSA) is 49.4 Å². The molecule has 1 N–H and O–H groups in total. The van der Waals surface area contributed by atoms with Gasteiger partial charge < -0.3 is 5.32 Å². The molecule has 1 heterocycles. The number of amides is 2. The van der Waals surface area contributed by atoms with Crippen molar-refractivity contribution in [2.24, 2.45) is 0 Å². The molecule has 0 atom stereocenters. The second-order valence-corrected chi connectivity index (χ2v) is 4.30. The minimum Gasteiger partial charge on any atom is -0.319 e. The predicted octanol–water partition coefficient (Wildman–Crippen LogP) is 1.70. The number of likely N-dealkylation sites (N-methyl/N-ethyl adjacent to an activating group) is 1. The van der Waals surface area contributed by atoms with E-state index in [-0.39, 0.29) is 12.3 Å². The first kappa shape index (κ1) is 12.1. The second kappa shape index (κ2) is 4.85. The van der Waals surface area contributed by atoms with Gasteiger partial charge in [0.25, 0.3) is 0 Å². The number of halogens is 1. The molecule has 90 valence electrons. The highest BCUT2D eigenvalue weighted by Gasteiger charge is 2.31. The van der Waals surface area contributed by atoms with Crippen molar-refractivity contribution in [3.8, 4) is 0 Å². The van der Waals surface area contributed by atoms with Gasteiger partial charge in [-0.2, -0.15) is 0 Å². The van der Waals surface area contributed by atoms with Crippen LogP contribution in [0.1, 0.15) is 11.1 Å². The Labute approximate surface area is 105 Å². The van der Waals surface area contributed by atoms with E-state index in [9.17, 15) is 9.59 Å². The maximum atomic E-state index is 11.6. The number of nitrogens with one attached hydrogen (secondary N) is 1. The lowest BCUT2D eigenvalue weighted by atomic mass is 10.1. The fraction of sp³-hybridized carbons (Fsp3) is 0.333. The Kier molecular flexibility index (Phi) is 3.45. The number of anilines is 1. The fourth-order valence-corrected chi connectivity index (χ4v) is 2.18. The first-order chi connectivity index (χ1) is 8.13. The van der Waals surface area contributed by atoms with E-state index >= 15 is 0 Å². The van der Waals surface area contributed by atoms with Crippen LogP contribution < -0.4 is 10.2 Å². The Morgan fingerprint density at radius 3 is 2.94 bits per heavy atom. The van der Waals surface area contributed by atoms with Crippen LogP contribution in [0.15, 0.2) is 18.2 Å². The van der Waals surface area contributed by atoms with Crippen molar-refractivity contribution in [2.75, 3.05) is 18.5 Å². The molecule has 0 aromatic heterocycles. The summed E-state index contributed by atoms with van der Waals surface area (Å²) in [6.07, 6.45) is 1.15. The third-order valence-corrected chi connectivity index (χ3v) is 2.98. The summed E-state index contributed by atoms with van der Waals surface area (Å²) in [6, 6.07) is 5.66. The number of carbonyl (C=O) groups is 2. The molecule has 0 fully saturated rings. The number of nitrogens with zero attached hydrogens (tertiary/aromatic N) is 1. The molecular weight excluding hydrogens is 240 g/mol. The summed E-state index contributed by atoms with van der Waals surface area (Å²) in [5, 5.41) is 2.33. The Morgan fingerprint density at radius 2 is 2.29 bits per heavy atom. The number of imide groups is 1. The first-order valence-corrected chi connectivity index (χ1v) is 5.80. The molecule has 2 rings (SSSR count). The summed E-state index contributed by atoms with van der Waals surface area (Å²) in [6.45, 7) is 0.880. The summed E-state index contributed by atoms with van der Waals surface area (Å²) in [7, 11) is 1.89. The van der Waals surface area contributed by atoms with Gasteiger partial charge in [-0.3, -0.25) is 9.59 Å². The number of benzene rings is 1. The van der Waals surface area contributed by atoms with E-state index in [4.69, 9.17) is 11.6 Å². The molecule has 17 heavy (non-hydrogen) atoms. The van der Waals surface area contributed by atoms with Crippen LogP contribution in [0.25, 0.3) is 0 Å². The summed E-state index contributed by atoms with van der Waals surface area (Å²) in [4.78, 5) is 23.8. The van der Waals surface area contributed by atoms with Gasteiger partial charge in [-0.05, 0) is 48.8 Å². The Bertz CT molecular complexity index is 474. The number of rotatable bonds is 3. The van der Waals surface area contributed by atoms with E-state index in [1.165, 1.54) is 0 Å². The average Bonchev–Trinajstić information content (AvgIpc) is 2.61. The van der Waals surface area contributed by atoms with Crippen LogP contribution in [0.2, 0.25) is 0 Å². The van der Waals surface area contributed by atoms with Crippen molar-refractivity contribution in [3.05, 3.63) is 29.3 Å². The minimum atomic E-state index is -0.739. The van der Waals surface area contributed by atoms with Crippen LogP contribution in [-0.2, 0) is 17.6 Å². The minimum absolute atomic E-state index is 0.251. The molecule has 0 spiro atoms. The molecule has 1 aliphatic rings. The van der Waals surface area contributed by atoms with Crippen LogP contribution in [-0.4, -0.2) is 24.9 Å². The van der Waals surface area contributed by atoms with E-state index in [2.05, 4.69) is 5.32 Å². The SMILES string of the molecule is CNCCc1ccc2c(c1)CC(=O)N2C(=O)Cl. The Morgan fingerprint density at radius 1 is 1.53 bits per heavy atom. The van der Waals surface area contributed by atoms with Gasteiger partial charge in [0.1, 0.15) is 0 Å². The normalized spacial score (nSPS) is 14.0. The zero-order valence-corrected chi connectivity index (χ0v) is 10.3. The van der Waals surface area contributed by atoms with Crippen molar-refractivity contribution in [1.29, 1.82) is 0 Å². The van der Waals surface area contributed by atoms with Crippen LogP contribution in [0.4, 0.5) is 10.5 Å². The van der Waals surface area contributed by atoms with E-state index in [0.29, 0.717) is 5.69 Å². The molecule has 1 aromatic rings. The van der Waals surface area contributed by atoms with Gasteiger partial charge in [0.15, 0.2) is 0 Å². The number of fused-ring (bicyclic) bond motifs is 1. The van der Waals surface area contributed by atoms with Gasteiger partial charge in [0, 0.05) is 0 Å². The van der Waals surface area contributed by atoms with E-state index in [0.717, 1.165) is 29.0 Å². The largest absolute Gasteiger partial charge is 0.327 e.